The van der Waals surface area contributed by atoms with Crippen LogP contribution in [0, 0.1) is 29.1 Å². The van der Waals surface area contributed by atoms with E-state index in [1.54, 1.807) is 42.3 Å². The number of carbonyl (C=O) groups is 1. The average molecular weight is 770 g/mol. The van der Waals surface area contributed by atoms with Gasteiger partial charge in [0.05, 0.1) is 29.9 Å². The summed E-state index contributed by atoms with van der Waals surface area (Å²) in [4.78, 5) is 21.6. The van der Waals surface area contributed by atoms with Crippen LogP contribution < -0.4 is 9.47 Å². The third kappa shape index (κ3) is 7.93. The number of hydrogen-bond donors (Lipinski definition) is 2. The predicted octanol–water partition coefficient (Wildman–Crippen LogP) is 8.54. The quantitative estimate of drug-likeness (QED) is 0.0658. The molecular weight excluding hydrogens is 719 g/mol. The van der Waals surface area contributed by atoms with Gasteiger partial charge >= 0.3 is 0 Å². The van der Waals surface area contributed by atoms with Crippen molar-refractivity contribution in [1.82, 2.24) is 4.90 Å². The smallest absolute Gasteiger partial charge is 0.254 e. The third-order valence-corrected chi connectivity index (χ3v) is 11.9. The van der Waals surface area contributed by atoms with E-state index in [-0.39, 0.29) is 49.9 Å². The third-order valence-electron chi connectivity index (χ3n) is 11.9. The van der Waals surface area contributed by atoms with E-state index in [1.165, 1.54) is 7.11 Å². The largest absolute Gasteiger partial charge is 0.459 e. The summed E-state index contributed by atoms with van der Waals surface area (Å²) >= 11 is 0. The summed E-state index contributed by atoms with van der Waals surface area (Å²) < 4.78 is 20.8. The van der Waals surface area contributed by atoms with Crippen LogP contribution in [-0.4, -0.2) is 72.5 Å². The molecule has 6 unspecified atom stereocenters. The highest BCUT2D eigenvalue weighted by atomic mass is 16.7. The first-order valence-electron chi connectivity index (χ1n) is 19.9. The maximum Gasteiger partial charge on any atom is 0.254 e. The van der Waals surface area contributed by atoms with Gasteiger partial charge in [-0.15, -0.1) is 6.58 Å². The highest BCUT2D eigenvalue weighted by Gasteiger charge is 2.65. The number of rotatable bonds is 16. The maximum absolute atomic E-state index is 14.4. The number of benzene rings is 4. The van der Waals surface area contributed by atoms with Gasteiger partial charge in [-0.1, -0.05) is 60.5 Å². The first-order valence-corrected chi connectivity index (χ1v) is 19.9. The molecule has 1 fully saturated rings. The fourth-order valence-corrected chi connectivity index (χ4v) is 9.30. The molecule has 0 radical (unpaired) electrons. The number of amides is 1. The summed E-state index contributed by atoms with van der Waals surface area (Å²) in [7, 11) is 3.29. The van der Waals surface area contributed by atoms with Gasteiger partial charge in [0.15, 0.2) is 0 Å². The summed E-state index contributed by atoms with van der Waals surface area (Å²) in [5, 5.41) is 35.9. The fourth-order valence-electron chi connectivity index (χ4n) is 9.30. The molecule has 6 atom stereocenters. The number of unbranched alkanes of at least 4 members (excludes halogenated alkanes) is 2. The lowest BCUT2D eigenvalue weighted by Crippen LogP contribution is -2.69. The highest BCUT2D eigenvalue weighted by Crippen LogP contribution is 2.62. The average Bonchev–Trinajstić information content (AvgIpc) is 3.24. The van der Waals surface area contributed by atoms with Crippen molar-refractivity contribution in [2.45, 2.75) is 62.7 Å². The molecule has 1 heterocycles. The Balaban J connectivity index is 1.40. The molecule has 0 spiro atoms. The van der Waals surface area contributed by atoms with E-state index in [9.17, 15) is 20.3 Å². The van der Waals surface area contributed by atoms with Gasteiger partial charge in [-0.2, -0.15) is 5.26 Å². The van der Waals surface area contributed by atoms with Crippen LogP contribution in [0.5, 0.6) is 17.2 Å². The maximum atomic E-state index is 14.4. The molecule has 1 aliphatic heterocycles. The number of ether oxygens (including phenoxy) is 3. The van der Waals surface area contributed by atoms with Crippen LogP contribution in [0.25, 0.3) is 10.8 Å². The number of nitrogens with zero attached hydrogens (tertiary/aromatic N) is 3. The van der Waals surface area contributed by atoms with E-state index in [0.717, 1.165) is 53.3 Å². The lowest BCUT2D eigenvalue weighted by atomic mass is 9.55. The number of nitriles is 1. The van der Waals surface area contributed by atoms with Crippen molar-refractivity contribution >= 4 is 22.4 Å². The Kier molecular flexibility index (Phi) is 12.4. The molecule has 0 bridgehead atoms. The minimum absolute atomic E-state index is 0.0800. The first kappa shape index (κ1) is 39.8. The molecule has 1 amide bonds. The lowest BCUT2D eigenvalue weighted by molar-refractivity contribution is -0.252. The fraction of sp³-hybridized carbons (Fsp3) is 0.383. The number of likely N-dealkylation sites (N-methyl/N-ethyl adjacent to an activating group) is 1. The Bertz CT molecular complexity index is 2180. The SMILES string of the molecule is C=CCOC12Oc3ccc(Oc4ccc5ccccc5c4)cc3C3C(CCCCO)C(CCCCO)C=C(C(=NOC)CC1N(C)C(=O)c1ccc(C#N)cc1)C32. The van der Waals surface area contributed by atoms with Crippen molar-refractivity contribution in [2.24, 2.45) is 22.9 Å². The molecule has 4 aromatic rings. The summed E-state index contributed by atoms with van der Waals surface area (Å²) in [6.07, 6.45) is 8.98. The Morgan fingerprint density at radius 1 is 0.982 bits per heavy atom. The van der Waals surface area contributed by atoms with Crippen molar-refractivity contribution < 1.29 is 34.1 Å². The highest BCUT2D eigenvalue weighted by molar-refractivity contribution is 6.03. The molecule has 57 heavy (non-hydrogen) atoms. The number of aliphatic hydroxyl groups is 2. The van der Waals surface area contributed by atoms with Crippen LogP contribution in [0.1, 0.15) is 72.3 Å². The topological polar surface area (TPSA) is 134 Å². The Hall–Kier alpha value is -5.47. The first-order chi connectivity index (χ1) is 27.8. The second kappa shape index (κ2) is 17.8. The predicted molar refractivity (Wildman–Crippen MR) is 219 cm³/mol. The summed E-state index contributed by atoms with van der Waals surface area (Å²) in [6, 6.07) is 28.3. The molecular formula is C47H51N3O7. The molecule has 3 aliphatic rings. The second-order valence-electron chi connectivity index (χ2n) is 15.2. The number of oxime groups is 1. The number of aliphatic hydroxyl groups excluding tert-OH is 2. The Morgan fingerprint density at radius 2 is 1.70 bits per heavy atom. The van der Waals surface area contributed by atoms with Crippen molar-refractivity contribution in [2.75, 3.05) is 34.0 Å². The van der Waals surface area contributed by atoms with E-state index in [1.807, 2.05) is 36.4 Å². The van der Waals surface area contributed by atoms with E-state index in [0.29, 0.717) is 41.2 Å². The lowest BCUT2D eigenvalue weighted by Gasteiger charge is -2.59. The minimum Gasteiger partial charge on any atom is -0.459 e. The van der Waals surface area contributed by atoms with E-state index in [4.69, 9.17) is 19.0 Å². The molecule has 1 saturated carbocycles. The van der Waals surface area contributed by atoms with Gasteiger partial charge in [0.2, 0.25) is 5.79 Å². The van der Waals surface area contributed by atoms with Gasteiger partial charge in [-0.05, 0) is 108 Å². The zero-order chi connectivity index (χ0) is 39.9. The summed E-state index contributed by atoms with van der Waals surface area (Å²) in [5.74, 6) is -0.0174. The molecule has 4 aromatic carbocycles. The van der Waals surface area contributed by atoms with Gasteiger partial charge < -0.3 is 34.2 Å². The van der Waals surface area contributed by atoms with E-state index < -0.39 is 17.7 Å². The summed E-state index contributed by atoms with van der Waals surface area (Å²) in [6.45, 7) is 4.37. The number of carbonyl (C=O) groups excluding carboxylic acids is 1. The zero-order valence-corrected chi connectivity index (χ0v) is 32.7. The molecule has 0 aromatic heterocycles. The molecule has 2 N–H and O–H groups in total. The van der Waals surface area contributed by atoms with Gasteiger partial charge in [-0.3, -0.25) is 4.79 Å². The Labute approximate surface area is 334 Å². The van der Waals surface area contributed by atoms with Crippen LogP contribution in [0.4, 0.5) is 0 Å². The van der Waals surface area contributed by atoms with Crippen molar-refractivity contribution in [3.05, 3.63) is 126 Å². The van der Waals surface area contributed by atoms with Crippen LogP contribution in [0.3, 0.4) is 0 Å². The zero-order valence-electron chi connectivity index (χ0n) is 32.7. The molecule has 10 nitrogen and oxygen atoms in total. The van der Waals surface area contributed by atoms with Gasteiger partial charge in [0, 0.05) is 43.7 Å². The molecule has 10 heteroatoms. The van der Waals surface area contributed by atoms with Crippen LogP contribution in [0.2, 0.25) is 0 Å². The summed E-state index contributed by atoms with van der Waals surface area (Å²) in [5.41, 5.74) is 3.54. The number of allylic oxidation sites excluding steroid dienone is 1. The van der Waals surface area contributed by atoms with Gasteiger partial charge in [-0.25, -0.2) is 0 Å². The van der Waals surface area contributed by atoms with Crippen molar-refractivity contribution in [3.63, 3.8) is 0 Å². The second-order valence-corrected chi connectivity index (χ2v) is 15.2. The van der Waals surface area contributed by atoms with E-state index >= 15 is 0 Å². The van der Waals surface area contributed by atoms with Gasteiger partial charge in [0.1, 0.15) is 30.4 Å². The van der Waals surface area contributed by atoms with Crippen molar-refractivity contribution in [3.8, 4) is 23.3 Å². The van der Waals surface area contributed by atoms with Crippen LogP contribution >= 0.6 is 0 Å². The molecule has 7 rings (SSSR count). The Morgan fingerprint density at radius 3 is 2.42 bits per heavy atom. The van der Waals surface area contributed by atoms with Crippen molar-refractivity contribution in [1.29, 1.82) is 5.26 Å². The minimum atomic E-state index is -1.37. The normalized spacial score (nSPS) is 24.0. The van der Waals surface area contributed by atoms with Gasteiger partial charge in [0.25, 0.3) is 5.91 Å². The molecule has 0 saturated heterocycles. The molecule has 2 aliphatic carbocycles. The number of hydrogen-bond acceptors (Lipinski definition) is 9. The van der Waals surface area contributed by atoms with Crippen LogP contribution in [-0.2, 0) is 9.57 Å². The number of fused-ring (bicyclic) bond motifs is 3. The van der Waals surface area contributed by atoms with Crippen LogP contribution in [0.15, 0.2) is 114 Å². The van der Waals surface area contributed by atoms with E-state index in [2.05, 4.69) is 48.1 Å². The molecule has 296 valence electrons. The monoisotopic (exact) mass is 769 g/mol. The standard InChI is InChI=1S/C47H51N3O7/c1-4-25-55-47-43(50(2)46(53)33-17-15-31(30-48)16-18-33)29-41(49-54-3)39-27-35(13-7-9-23-51)38(14-8-10-24-52)44(45(39)47)40-28-37(21-22-42(40)57-47)56-36-20-19-32-11-5-6-12-34(32)26-36/h4-6,11-12,15-22,26-28,35,38,43-45,51-52H,1,7-10,13-14,23-25,29H2,2-3H3.